The number of nitrogens with zero attached hydrogens (tertiary/aromatic N) is 3. The average molecular weight is 448 g/mol. The second-order valence-corrected chi connectivity index (χ2v) is 8.24. The highest BCUT2D eigenvalue weighted by atomic mass is 79.9. The fourth-order valence-electron chi connectivity index (χ4n) is 3.12. The summed E-state index contributed by atoms with van der Waals surface area (Å²) in [7, 11) is 0. The maximum absolute atomic E-state index is 13.3. The van der Waals surface area contributed by atoms with Crippen molar-refractivity contribution in [3.8, 4) is 11.4 Å². The lowest BCUT2D eigenvalue weighted by Crippen LogP contribution is -2.16. The summed E-state index contributed by atoms with van der Waals surface area (Å²) in [6, 6.07) is 14.6. The van der Waals surface area contributed by atoms with E-state index < -0.39 is 0 Å². The molecule has 0 bridgehead atoms. The second-order valence-electron chi connectivity index (χ2n) is 6.44. The van der Waals surface area contributed by atoms with Crippen LogP contribution in [0.15, 0.2) is 58.2 Å². The van der Waals surface area contributed by atoms with Gasteiger partial charge in [-0.3, -0.25) is 4.57 Å². The summed E-state index contributed by atoms with van der Waals surface area (Å²) in [5.74, 6) is 1.28. The molecular formula is C20H19BrFN3OS. The van der Waals surface area contributed by atoms with Crippen LogP contribution in [0.1, 0.15) is 18.4 Å². The molecule has 0 N–H and O–H groups in total. The monoisotopic (exact) mass is 447 g/mol. The number of hydrogen-bond acceptors (Lipinski definition) is 4. The van der Waals surface area contributed by atoms with Gasteiger partial charge in [-0.2, -0.15) is 0 Å². The molecule has 0 saturated carbocycles. The molecule has 1 atom stereocenters. The second kappa shape index (κ2) is 8.54. The van der Waals surface area contributed by atoms with E-state index in [9.17, 15) is 4.39 Å². The van der Waals surface area contributed by atoms with Crippen molar-refractivity contribution in [1.29, 1.82) is 0 Å². The predicted octanol–water partition coefficient (Wildman–Crippen LogP) is 5.32. The van der Waals surface area contributed by atoms with Crippen LogP contribution < -0.4 is 0 Å². The van der Waals surface area contributed by atoms with E-state index in [1.54, 1.807) is 23.9 Å². The quantitative estimate of drug-likeness (QED) is 0.479. The van der Waals surface area contributed by atoms with Gasteiger partial charge in [0.25, 0.3) is 0 Å². The molecule has 140 valence electrons. The molecule has 1 fully saturated rings. The largest absolute Gasteiger partial charge is 0.376 e. The van der Waals surface area contributed by atoms with E-state index in [0.717, 1.165) is 46.2 Å². The molecule has 0 aliphatic carbocycles. The SMILES string of the molecule is Fc1ccc(-c2nnc(SCc3ccccc3Br)n2CC2CCCO2)cc1. The fourth-order valence-corrected chi connectivity index (χ4v) is 4.68. The molecule has 0 spiro atoms. The van der Waals surface area contributed by atoms with Gasteiger partial charge in [0, 0.05) is 22.4 Å². The summed E-state index contributed by atoms with van der Waals surface area (Å²) in [4.78, 5) is 0. The van der Waals surface area contributed by atoms with Gasteiger partial charge >= 0.3 is 0 Å². The lowest BCUT2D eigenvalue weighted by molar-refractivity contribution is 0.0953. The number of rotatable bonds is 6. The van der Waals surface area contributed by atoms with Crippen molar-refractivity contribution in [1.82, 2.24) is 14.8 Å². The van der Waals surface area contributed by atoms with Gasteiger partial charge in [-0.15, -0.1) is 10.2 Å². The summed E-state index contributed by atoms with van der Waals surface area (Å²) < 4.78 is 22.3. The Bertz CT molecular complexity index is 910. The first kappa shape index (κ1) is 18.7. The first-order valence-corrected chi connectivity index (χ1v) is 10.7. The molecule has 27 heavy (non-hydrogen) atoms. The minimum atomic E-state index is -0.257. The zero-order valence-corrected chi connectivity index (χ0v) is 17.0. The van der Waals surface area contributed by atoms with Gasteiger partial charge in [-0.1, -0.05) is 45.9 Å². The standard InChI is InChI=1S/C20H19BrFN3OS/c21-18-6-2-1-4-15(18)13-27-20-24-23-19(14-7-9-16(22)10-8-14)25(20)12-17-5-3-11-26-17/h1-2,4,6-10,17H,3,5,11-13H2. The van der Waals surface area contributed by atoms with Gasteiger partial charge < -0.3 is 4.74 Å². The molecule has 1 saturated heterocycles. The van der Waals surface area contributed by atoms with Crippen molar-refractivity contribution in [2.45, 2.75) is 36.4 Å². The first-order chi connectivity index (χ1) is 13.2. The van der Waals surface area contributed by atoms with E-state index in [0.29, 0.717) is 6.54 Å². The van der Waals surface area contributed by atoms with Crippen molar-refractivity contribution in [2.24, 2.45) is 0 Å². The highest BCUT2D eigenvalue weighted by molar-refractivity contribution is 9.10. The van der Waals surface area contributed by atoms with Crippen LogP contribution in [-0.2, 0) is 17.0 Å². The van der Waals surface area contributed by atoms with Crippen molar-refractivity contribution in [3.63, 3.8) is 0 Å². The third-order valence-corrected chi connectivity index (χ3v) is 6.33. The molecular weight excluding hydrogens is 429 g/mol. The summed E-state index contributed by atoms with van der Waals surface area (Å²) in [5.41, 5.74) is 2.06. The summed E-state index contributed by atoms with van der Waals surface area (Å²) in [6.07, 6.45) is 2.29. The van der Waals surface area contributed by atoms with Gasteiger partial charge in [-0.25, -0.2) is 4.39 Å². The molecule has 0 amide bonds. The zero-order valence-electron chi connectivity index (χ0n) is 14.6. The lowest BCUT2D eigenvalue weighted by Gasteiger charge is -2.15. The van der Waals surface area contributed by atoms with Crippen LogP contribution in [0.5, 0.6) is 0 Å². The van der Waals surface area contributed by atoms with Gasteiger partial charge in [0.15, 0.2) is 11.0 Å². The Morgan fingerprint density at radius 2 is 1.96 bits per heavy atom. The Labute approximate surface area is 170 Å². The molecule has 3 aromatic rings. The average Bonchev–Trinajstić information content (AvgIpc) is 3.33. The first-order valence-electron chi connectivity index (χ1n) is 8.87. The number of halogens is 2. The molecule has 4 rings (SSSR count). The minimum absolute atomic E-state index is 0.169. The van der Waals surface area contributed by atoms with Crippen LogP contribution in [0.2, 0.25) is 0 Å². The number of benzene rings is 2. The molecule has 2 heterocycles. The molecule has 4 nitrogen and oxygen atoms in total. The highest BCUT2D eigenvalue weighted by Gasteiger charge is 2.22. The Morgan fingerprint density at radius 1 is 1.15 bits per heavy atom. The number of hydrogen-bond donors (Lipinski definition) is 0. The van der Waals surface area contributed by atoms with Crippen LogP contribution in [-0.4, -0.2) is 27.5 Å². The van der Waals surface area contributed by atoms with Crippen LogP contribution >= 0.6 is 27.7 Å². The van der Waals surface area contributed by atoms with Crippen LogP contribution in [0, 0.1) is 5.82 Å². The summed E-state index contributed by atoms with van der Waals surface area (Å²) in [5, 5.41) is 9.66. The van der Waals surface area contributed by atoms with E-state index in [-0.39, 0.29) is 11.9 Å². The topological polar surface area (TPSA) is 39.9 Å². The Kier molecular flexibility index (Phi) is 5.90. The van der Waals surface area contributed by atoms with Crippen molar-refractivity contribution in [3.05, 3.63) is 64.4 Å². The molecule has 1 unspecified atom stereocenters. The summed E-state index contributed by atoms with van der Waals surface area (Å²) >= 11 is 5.24. The molecule has 1 aliphatic rings. The third kappa shape index (κ3) is 4.42. The lowest BCUT2D eigenvalue weighted by atomic mass is 10.2. The van der Waals surface area contributed by atoms with Gasteiger partial charge in [-0.05, 0) is 48.7 Å². The molecule has 2 aromatic carbocycles. The predicted molar refractivity (Wildman–Crippen MR) is 108 cm³/mol. The molecule has 1 aromatic heterocycles. The zero-order chi connectivity index (χ0) is 18.6. The van der Waals surface area contributed by atoms with Crippen molar-refractivity contribution in [2.75, 3.05) is 6.61 Å². The number of aromatic nitrogens is 3. The van der Waals surface area contributed by atoms with Gasteiger partial charge in [0.1, 0.15) is 5.82 Å². The van der Waals surface area contributed by atoms with E-state index >= 15 is 0 Å². The maximum atomic E-state index is 13.3. The van der Waals surface area contributed by atoms with Crippen LogP contribution in [0.25, 0.3) is 11.4 Å². The summed E-state index contributed by atoms with van der Waals surface area (Å²) in [6.45, 7) is 1.51. The third-order valence-electron chi connectivity index (χ3n) is 4.54. The van der Waals surface area contributed by atoms with Gasteiger partial charge in [0.05, 0.1) is 12.6 Å². The van der Waals surface area contributed by atoms with Crippen molar-refractivity contribution < 1.29 is 9.13 Å². The van der Waals surface area contributed by atoms with E-state index in [4.69, 9.17) is 4.74 Å². The highest BCUT2D eigenvalue weighted by Crippen LogP contribution is 2.30. The number of thioether (sulfide) groups is 1. The van der Waals surface area contributed by atoms with Crippen molar-refractivity contribution >= 4 is 27.7 Å². The maximum Gasteiger partial charge on any atom is 0.191 e. The Morgan fingerprint density at radius 3 is 2.70 bits per heavy atom. The minimum Gasteiger partial charge on any atom is -0.376 e. The van der Waals surface area contributed by atoms with E-state index in [1.165, 1.54) is 17.7 Å². The molecule has 1 aliphatic heterocycles. The normalized spacial score (nSPS) is 16.7. The fraction of sp³-hybridized carbons (Fsp3) is 0.300. The Hall–Kier alpha value is -1.70. The molecule has 7 heteroatoms. The van der Waals surface area contributed by atoms with Gasteiger partial charge in [0.2, 0.25) is 0 Å². The Balaban J connectivity index is 1.61. The van der Waals surface area contributed by atoms with E-state index in [2.05, 4.69) is 36.8 Å². The number of ether oxygens (including phenoxy) is 1. The van der Waals surface area contributed by atoms with Crippen LogP contribution in [0.3, 0.4) is 0 Å². The smallest absolute Gasteiger partial charge is 0.191 e. The molecule has 0 radical (unpaired) electrons. The van der Waals surface area contributed by atoms with Crippen LogP contribution in [0.4, 0.5) is 4.39 Å². The van der Waals surface area contributed by atoms with E-state index in [1.807, 2.05) is 18.2 Å².